The molecule has 0 saturated carbocycles. The summed E-state index contributed by atoms with van der Waals surface area (Å²) in [7, 11) is 0. The summed E-state index contributed by atoms with van der Waals surface area (Å²) in [6, 6.07) is 12.4. The second-order valence-electron chi connectivity index (χ2n) is 5.10. The zero-order chi connectivity index (χ0) is 16.9. The van der Waals surface area contributed by atoms with Gasteiger partial charge in [0.1, 0.15) is 11.5 Å². The SMILES string of the molecule is Cc1ccc(Cl)cc1-c1ccc(C=NNC(=O)c2ccncc2)o1. The van der Waals surface area contributed by atoms with E-state index in [0.717, 1.165) is 11.1 Å². The number of benzene rings is 1. The number of halogens is 1. The van der Waals surface area contributed by atoms with Crippen molar-refractivity contribution in [2.75, 3.05) is 0 Å². The molecule has 0 fully saturated rings. The van der Waals surface area contributed by atoms with E-state index in [1.54, 1.807) is 30.6 Å². The van der Waals surface area contributed by atoms with Crippen molar-refractivity contribution in [3.05, 3.63) is 76.8 Å². The van der Waals surface area contributed by atoms with Crippen LogP contribution in [0, 0.1) is 6.92 Å². The van der Waals surface area contributed by atoms with Crippen LogP contribution >= 0.6 is 11.6 Å². The summed E-state index contributed by atoms with van der Waals surface area (Å²) < 4.78 is 5.72. The van der Waals surface area contributed by atoms with Gasteiger partial charge in [-0.05, 0) is 48.9 Å². The molecule has 3 rings (SSSR count). The molecule has 0 bridgehead atoms. The molecular weight excluding hydrogens is 326 g/mol. The van der Waals surface area contributed by atoms with Crippen LogP contribution in [-0.4, -0.2) is 17.1 Å². The number of hydrogen-bond donors (Lipinski definition) is 1. The van der Waals surface area contributed by atoms with Gasteiger partial charge in [-0.3, -0.25) is 9.78 Å². The van der Waals surface area contributed by atoms with Crippen molar-refractivity contribution in [1.29, 1.82) is 0 Å². The Kier molecular flexibility index (Phi) is 4.72. The lowest BCUT2D eigenvalue weighted by molar-refractivity contribution is 0.0955. The molecular formula is C18H14ClN3O2. The number of pyridine rings is 1. The number of carbonyl (C=O) groups excluding carboxylic acids is 1. The van der Waals surface area contributed by atoms with Gasteiger partial charge < -0.3 is 4.42 Å². The Bertz CT molecular complexity index is 888. The molecule has 0 aliphatic carbocycles. The summed E-state index contributed by atoms with van der Waals surface area (Å²) in [5, 5.41) is 4.55. The smallest absolute Gasteiger partial charge is 0.271 e. The molecule has 0 saturated heterocycles. The Balaban J connectivity index is 1.70. The van der Waals surface area contributed by atoms with Crippen LogP contribution < -0.4 is 5.43 Å². The molecule has 0 spiro atoms. The average molecular weight is 340 g/mol. The highest BCUT2D eigenvalue weighted by Gasteiger charge is 2.08. The maximum atomic E-state index is 11.8. The van der Waals surface area contributed by atoms with Crippen molar-refractivity contribution in [3.63, 3.8) is 0 Å². The number of nitrogens with one attached hydrogen (secondary N) is 1. The lowest BCUT2D eigenvalue weighted by Gasteiger charge is -2.02. The van der Waals surface area contributed by atoms with Crippen LogP contribution in [-0.2, 0) is 0 Å². The first-order valence-electron chi connectivity index (χ1n) is 7.23. The van der Waals surface area contributed by atoms with E-state index in [2.05, 4.69) is 15.5 Å². The van der Waals surface area contributed by atoms with Gasteiger partial charge in [-0.1, -0.05) is 17.7 Å². The van der Waals surface area contributed by atoms with Gasteiger partial charge in [-0.25, -0.2) is 5.43 Å². The van der Waals surface area contributed by atoms with E-state index in [1.165, 1.54) is 6.21 Å². The fourth-order valence-electron chi connectivity index (χ4n) is 2.15. The summed E-state index contributed by atoms with van der Waals surface area (Å²) in [5.74, 6) is 0.905. The Morgan fingerprint density at radius 2 is 2.00 bits per heavy atom. The predicted octanol–water partition coefficient (Wildman–Crippen LogP) is 4.07. The zero-order valence-electron chi connectivity index (χ0n) is 12.9. The van der Waals surface area contributed by atoms with E-state index < -0.39 is 0 Å². The fraction of sp³-hybridized carbons (Fsp3) is 0.0556. The minimum atomic E-state index is -0.314. The lowest BCUT2D eigenvalue weighted by Crippen LogP contribution is -2.17. The predicted molar refractivity (Wildman–Crippen MR) is 93.2 cm³/mol. The molecule has 6 heteroatoms. The van der Waals surface area contributed by atoms with Gasteiger partial charge in [-0.2, -0.15) is 5.10 Å². The van der Waals surface area contributed by atoms with E-state index >= 15 is 0 Å². The van der Waals surface area contributed by atoms with Gasteiger partial charge in [0.05, 0.1) is 6.21 Å². The molecule has 24 heavy (non-hydrogen) atoms. The molecule has 0 atom stereocenters. The summed E-state index contributed by atoms with van der Waals surface area (Å²) >= 11 is 6.03. The highest BCUT2D eigenvalue weighted by atomic mass is 35.5. The number of aromatic nitrogens is 1. The molecule has 2 aromatic heterocycles. The van der Waals surface area contributed by atoms with Gasteiger partial charge in [0.25, 0.3) is 5.91 Å². The number of furan rings is 1. The molecule has 1 amide bonds. The monoisotopic (exact) mass is 339 g/mol. The van der Waals surface area contributed by atoms with Crippen molar-refractivity contribution in [1.82, 2.24) is 10.4 Å². The van der Waals surface area contributed by atoms with Crippen molar-refractivity contribution in [2.24, 2.45) is 5.10 Å². The van der Waals surface area contributed by atoms with Crippen molar-refractivity contribution >= 4 is 23.7 Å². The Morgan fingerprint density at radius 1 is 1.21 bits per heavy atom. The number of amides is 1. The molecule has 0 unspecified atom stereocenters. The first-order valence-corrected chi connectivity index (χ1v) is 7.61. The van der Waals surface area contributed by atoms with E-state index in [1.807, 2.05) is 31.2 Å². The van der Waals surface area contributed by atoms with Gasteiger partial charge in [0, 0.05) is 28.5 Å². The second kappa shape index (κ2) is 7.10. The molecule has 120 valence electrons. The van der Waals surface area contributed by atoms with Crippen LogP contribution in [0.4, 0.5) is 0 Å². The second-order valence-corrected chi connectivity index (χ2v) is 5.53. The van der Waals surface area contributed by atoms with E-state index in [-0.39, 0.29) is 5.91 Å². The highest BCUT2D eigenvalue weighted by Crippen LogP contribution is 2.27. The third-order valence-electron chi connectivity index (χ3n) is 3.39. The number of nitrogens with zero attached hydrogens (tertiary/aromatic N) is 2. The number of rotatable bonds is 4. The third-order valence-corrected chi connectivity index (χ3v) is 3.63. The molecule has 0 aliphatic rings. The highest BCUT2D eigenvalue weighted by molar-refractivity contribution is 6.30. The van der Waals surface area contributed by atoms with Gasteiger partial charge in [0.2, 0.25) is 0 Å². The number of hydrogen-bond acceptors (Lipinski definition) is 4. The minimum absolute atomic E-state index is 0.314. The Labute approximate surface area is 144 Å². The van der Waals surface area contributed by atoms with Crippen LogP contribution in [0.25, 0.3) is 11.3 Å². The minimum Gasteiger partial charge on any atom is -0.455 e. The van der Waals surface area contributed by atoms with Crippen LogP contribution in [0.15, 0.2) is 64.4 Å². The largest absolute Gasteiger partial charge is 0.455 e. The maximum Gasteiger partial charge on any atom is 0.271 e. The standard InChI is InChI=1S/C18H14ClN3O2/c1-12-2-3-14(19)10-16(12)17-5-4-15(24-17)11-21-22-18(23)13-6-8-20-9-7-13/h2-11H,1H3,(H,22,23). The molecule has 0 radical (unpaired) electrons. The molecule has 0 aliphatic heterocycles. The number of hydrazone groups is 1. The quantitative estimate of drug-likeness (QED) is 0.575. The molecule has 1 aromatic carbocycles. The van der Waals surface area contributed by atoms with E-state index in [0.29, 0.717) is 22.1 Å². The van der Waals surface area contributed by atoms with Crippen LogP contribution in [0.1, 0.15) is 21.7 Å². The first-order chi connectivity index (χ1) is 11.6. The number of aryl methyl sites for hydroxylation is 1. The lowest BCUT2D eigenvalue weighted by atomic mass is 10.1. The Hall–Kier alpha value is -2.92. The molecule has 3 aromatic rings. The van der Waals surface area contributed by atoms with Crippen LogP contribution in [0.2, 0.25) is 5.02 Å². The van der Waals surface area contributed by atoms with Crippen molar-refractivity contribution in [2.45, 2.75) is 6.92 Å². The van der Waals surface area contributed by atoms with Gasteiger partial charge >= 0.3 is 0 Å². The summed E-state index contributed by atoms with van der Waals surface area (Å²) in [6.45, 7) is 1.98. The van der Waals surface area contributed by atoms with Crippen molar-refractivity contribution in [3.8, 4) is 11.3 Å². The molecule has 5 nitrogen and oxygen atoms in total. The number of carbonyl (C=O) groups is 1. The van der Waals surface area contributed by atoms with Crippen LogP contribution in [0.5, 0.6) is 0 Å². The Morgan fingerprint density at radius 3 is 2.79 bits per heavy atom. The van der Waals surface area contributed by atoms with E-state index in [9.17, 15) is 4.79 Å². The van der Waals surface area contributed by atoms with Crippen molar-refractivity contribution < 1.29 is 9.21 Å². The third kappa shape index (κ3) is 3.70. The van der Waals surface area contributed by atoms with E-state index in [4.69, 9.17) is 16.0 Å². The summed E-state index contributed by atoms with van der Waals surface area (Å²) in [4.78, 5) is 15.7. The topological polar surface area (TPSA) is 67.5 Å². The molecule has 1 N–H and O–H groups in total. The van der Waals surface area contributed by atoms with Crippen LogP contribution in [0.3, 0.4) is 0 Å². The fourth-order valence-corrected chi connectivity index (χ4v) is 2.32. The maximum absolute atomic E-state index is 11.8. The molecule has 2 heterocycles. The first kappa shape index (κ1) is 16.0. The summed E-state index contributed by atoms with van der Waals surface area (Å²) in [6.07, 6.45) is 4.54. The normalized spacial score (nSPS) is 10.9. The average Bonchev–Trinajstić information content (AvgIpc) is 3.06. The van der Waals surface area contributed by atoms with Gasteiger partial charge in [0.15, 0.2) is 0 Å². The summed E-state index contributed by atoms with van der Waals surface area (Å²) in [5.41, 5.74) is 4.90. The van der Waals surface area contributed by atoms with Gasteiger partial charge in [-0.15, -0.1) is 0 Å². The zero-order valence-corrected chi connectivity index (χ0v) is 13.6.